The van der Waals surface area contributed by atoms with Gasteiger partial charge in [0.05, 0.1) is 22.9 Å². The Bertz CT molecular complexity index is 910. The van der Waals surface area contributed by atoms with Crippen molar-refractivity contribution in [3.8, 4) is 11.3 Å². The minimum Gasteiger partial charge on any atom is -0.339 e. The van der Waals surface area contributed by atoms with E-state index < -0.39 is 11.6 Å². The standard InChI is InChI=1S/C23H27F2N3O/c1-13(2)15-9-10-16(23(29)28-11-5-6-14(28)3)22-17(15)12-20(26-27-22)21-18(24)7-4-8-19(21)25/h4,7-8,12-16H,5-6,9-11H2,1-3H3/t14-,15-,16?/m0/s1. The third kappa shape index (κ3) is 3.53. The van der Waals surface area contributed by atoms with Gasteiger partial charge in [-0.15, -0.1) is 5.10 Å². The van der Waals surface area contributed by atoms with Crippen LogP contribution in [-0.2, 0) is 4.79 Å². The molecular weight excluding hydrogens is 372 g/mol. The Labute approximate surface area is 170 Å². The predicted octanol–water partition coefficient (Wildman–Crippen LogP) is 5.05. The van der Waals surface area contributed by atoms with E-state index in [0.717, 1.165) is 37.8 Å². The minimum atomic E-state index is -0.658. The zero-order chi connectivity index (χ0) is 20.7. The molecule has 0 bridgehead atoms. The molecule has 4 rings (SSSR count). The quantitative estimate of drug-likeness (QED) is 0.726. The molecule has 0 spiro atoms. The van der Waals surface area contributed by atoms with Gasteiger partial charge >= 0.3 is 0 Å². The highest BCUT2D eigenvalue weighted by molar-refractivity contribution is 5.84. The molecule has 1 aromatic heterocycles. The largest absolute Gasteiger partial charge is 0.339 e. The van der Waals surface area contributed by atoms with Gasteiger partial charge in [0, 0.05) is 12.6 Å². The molecule has 1 aliphatic carbocycles. The van der Waals surface area contributed by atoms with Crippen molar-refractivity contribution < 1.29 is 13.6 Å². The maximum Gasteiger partial charge on any atom is 0.232 e. The Hall–Kier alpha value is -2.37. The van der Waals surface area contributed by atoms with Crippen molar-refractivity contribution in [2.75, 3.05) is 6.54 Å². The molecular formula is C23H27F2N3O. The van der Waals surface area contributed by atoms with Crippen LogP contribution < -0.4 is 0 Å². The molecule has 1 unspecified atom stereocenters. The van der Waals surface area contributed by atoms with Crippen LogP contribution in [0.25, 0.3) is 11.3 Å². The monoisotopic (exact) mass is 399 g/mol. The summed E-state index contributed by atoms with van der Waals surface area (Å²) in [5, 5.41) is 8.53. The fourth-order valence-electron chi connectivity index (χ4n) is 4.88. The molecule has 29 heavy (non-hydrogen) atoms. The number of benzene rings is 1. The van der Waals surface area contributed by atoms with Gasteiger partial charge in [-0.05, 0) is 68.2 Å². The molecule has 3 atom stereocenters. The summed E-state index contributed by atoms with van der Waals surface area (Å²) in [5.74, 6) is -1.01. The van der Waals surface area contributed by atoms with E-state index in [1.807, 2.05) is 4.90 Å². The lowest BCUT2D eigenvalue weighted by atomic mass is 9.74. The van der Waals surface area contributed by atoms with Crippen molar-refractivity contribution in [3.05, 3.63) is 47.2 Å². The lowest BCUT2D eigenvalue weighted by molar-refractivity contribution is -0.133. The fourth-order valence-corrected chi connectivity index (χ4v) is 4.88. The first-order valence-electron chi connectivity index (χ1n) is 10.5. The summed E-state index contributed by atoms with van der Waals surface area (Å²) in [7, 11) is 0. The van der Waals surface area contributed by atoms with Gasteiger partial charge < -0.3 is 4.90 Å². The fraction of sp³-hybridized carbons (Fsp3) is 0.522. The summed E-state index contributed by atoms with van der Waals surface area (Å²) in [6, 6.07) is 5.78. The third-order valence-electron chi connectivity index (χ3n) is 6.51. The van der Waals surface area contributed by atoms with Gasteiger partial charge in [-0.1, -0.05) is 19.9 Å². The minimum absolute atomic E-state index is 0.109. The average Bonchev–Trinajstić information content (AvgIpc) is 3.12. The Balaban J connectivity index is 1.78. The van der Waals surface area contributed by atoms with E-state index in [2.05, 4.69) is 31.0 Å². The molecule has 0 radical (unpaired) electrons. The molecule has 1 aliphatic heterocycles. The summed E-state index contributed by atoms with van der Waals surface area (Å²) < 4.78 is 28.6. The van der Waals surface area contributed by atoms with E-state index in [-0.39, 0.29) is 35.0 Å². The summed E-state index contributed by atoms with van der Waals surface area (Å²) in [6.45, 7) is 7.12. The molecule has 1 aromatic carbocycles. The second-order valence-electron chi connectivity index (χ2n) is 8.67. The second-order valence-corrected chi connectivity index (χ2v) is 8.67. The van der Waals surface area contributed by atoms with E-state index in [1.165, 1.54) is 18.2 Å². The number of nitrogens with zero attached hydrogens (tertiary/aromatic N) is 3. The van der Waals surface area contributed by atoms with Crippen LogP contribution in [0.15, 0.2) is 24.3 Å². The maximum atomic E-state index is 14.3. The van der Waals surface area contributed by atoms with Gasteiger partial charge in [0.15, 0.2) is 0 Å². The van der Waals surface area contributed by atoms with Crippen LogP contribution in [-0.4, -0.2) is 33.6 Å². The van der Waals surface area contributed by atoms with Crippen molar-refractivity contribution in [3.63, 3.8) is 0 Å². The molecule has 0 N–H and O–H groups in total. The highest BCUT2D eigenvalue weighted by atomic mass is 19.1. The van der Waals surface area contributed by atoms with Crippen LogP contribution in [0.3, 0.4) is 0 Å². The number of carbonyl (C=O) groups is 1. The van der Waals surface area contributed by atoms with Crippen LogP contribution in [0.4, 0.5) is 8.78 Å². The van der Waals surface area contributed by atoms with Crippen molar-refractivity contribution in [1.82, 2.24) is 15.1 Å². The molecule has 1 saturated heterocycles. The SMILES string of the molecule is CC(C)[C@@H]1CCC(C(=O)N2CCC[C@@H]2C)c2nnc(-c3c(F)cccc3F)cc21. The maximum absolute atomic E-state index is 14.3. The van der Waals surface area contributed by atoms with Crippen LogP contribution >= 0.6 is 0 Å². The number of halogens is 2. The summed E-state index contributed by atoms with van der Waals surface area (Å²) in [5.41, 5.74) is 1.61. The first kappa shape index (κ1) is 19.9. The molecule has 2 heterocycles. The Morgan fingerprint density at radius 3 is 2.48 bits per heavy atom. The molecule has 1 fully saturated rings. The lowest BCUT2D eigenvalue weighted by Gasteiger charge is -2.34. The van der Waals surface area contributed by atoms with Gasteiger partial charge in [0.1, 0.15) is 11.6 Å². The Morgan fingerprint density at radius 2 is 1.86 bits per heavy atom. The van der Waals surface area contributed by atoms with Gasteiger partial charge in [-0.25, -0.2) is 8.78 Å². The number of aromatic nitrogens is 2. The average molecular weight is 399 g/mol. The zero-order valence-corrected chi connectivity index (χ0v) is 17.2. The summed E-state index contributed by atoms with van der Waals surface area (Å²) in [4.78, 5) is 15.2. The molecule has 0 saturated carbocycles. The Morgan fingerprint density at radius 1 is 1.14 bits per heavy atom. The molecule has 154 valence electrons. The van der Waals surface area contributed by atoms with Crippen molar-refractivity contribution in [2.24, 2.45) is 5.92 Å². The summed E-state index contributed by atoms with van der Waals surface area (Å²) >= 11 is 0. The first-order chi connectivity index (χ1) is 13.9. The van der Waals surface area contributed by atoms with E-state index in [9.17, 15) is 13.6 Å². The number of amides is 1. The molecule has 1 amide bonds. The molecule has 2 aromatic rings. The number of fused-ring (bicyclic) bond motifs is 1. The molecule has 4 nitrogen and oxygen atoms in total. The highest BCUT2D eigenvalue weighted by Gasteiger charge is 2.39. The predicted molar refractivity (Wildman–Crippen MR) is 107 cm³/mol. The van der Waals surface area contributed by atoms with Crippen LogP contribution in [0.5, 0.6) is 0 Å². The number of carbonyl (C=O) groups excluding carboxylic acids is 1. The van der Waals surface area contributed by atoms with Crippen LogP contribution in [0, 0.1) is 17.6 Å². The first-order valence-corrected chi connectivity index (χ1v) is 10.5. The number of rotatable bonds is 3. The van der Waals surface area contributed by atoms with Crippen LogP contribution in [0.1, 0.15) is 69.5 Å². The van der Waals surface area contributed by atoms with Gasteiger partial charge in [0.2, 0.25) is 5.91 Å². The van der Waals surface area contributed by atoms with Gasteiger partial charge in [0.25, 0.3) is 0 Å². The highest BCUT2D eigenvalue weighted by Crippen LogP contribution is 2.43. The zero-order valence-electron chi connectivity index (χ0n) is 17.2. The van der Waals surface area contributed by atoms with Crippen molar-refractivity contribution in [1.29, 1.82) is 0 Å². The van der Waals surface area contributed by atoms with Crippen LogP contribution in [0.2, 0.25) is 0 Å². The third-order valence-corrected chi connectivity index (χ3v) is 6.51. The summed E-state index contributed by atoms with van der Waals surface area (Å²) in [6.07, 6.45) is 3.64. The Kier molecular flexibility index (Phi) is 5.36. The van der Waals surface area contributed by atoms with Crippen molar-refractivity contribution >= 4 is 5.91 Å². The lowest BCUT2D eigenvalue weighted by Crippen LogP contribution is -2.39. The number of hydrogen-bond acceptors (Lipinski definition) is 3. The van der Waals surface area contributed by atoms with Gasteiger partial charge in [-0.2, -0.15) is 5.10 Å². The topological polar surface area (TPSA) is 46.1 Å². The van der Waals surface area contributed by atoms with E-state index >= 15 is 0 Å². The normalized spacial score (nSPS) is 24.1. The van der Waals surface area contributed by atoms with Gasteiger partial charge in [-0.3, -0.25) is 4.79 Å². The number of hydrogen-bond donors (Lipinski definition) is 0. The van der Waals surface area contributed by atoms with E-state index in [1.54, 1.807) is 6.07 Å². The molecule has 2 aliphatic rings. The smallest absolute Gasteiger partial charge is 0.232 e. The van der Waals surface area contributed by atoms with E-state index in [0.29, 0.717) is 11.6 Å². The number of likely N-dealkylation sites (tertiary alicyclic amines) is 1. The second kappa shape index (κ2) is 7.81. The van der Waals surface area contributed by atoms with E-state index in [4.69, 9.17) is 0 Å². The van der Waals surface area contributed by atoms with Crippen molar-refractivity contribution in [2.45, 2.75) is 64.3 Å². The molecule has 6 heteroatoms.